The van der Waals surface area contributed by atoms with Crippen LogP contribution in [0.3, 0.4) is 0 Å². The van der Waals surface area contributed by atoms with Gasteiger partial charge in [-0.15, -0.1) is 12.6 Å². The Hall–Kier alpha value is -0.700. The lowest BCUT2D eigenvalue weighted by Gasteiger charge is -1.77. The summed E-state index contributed by atoms with van der Waals surface area (Å²) in [5, 5.41) is 0. The van der Waals surface area contributed by atoms with Crippen molar-refractivity contribution in [2.24, 2.45) is 0 Å². The van der Waals surface area contributed by atoms with Crippen LogP contribution in [0.25, 0.3) is 0 Å². The van der Waals surface area contributed by atoms with E-state index in [-0.39, 0.29) is 5.76 Å². The van der Waals surface area contributed by atoms with Crippen LogP contribution in [0.4, 0.5) is 0 Å². The molecule has 1 aromatic rings. The Morgan fingerprint density at radius 2 is 2.50 bits per heavy atom. The maximum atomic E-state index is 9.95. The van der Waals surface area contributed by atoms with Crippen molar-refractivity contribution in [3.63, 3.8) is 0 Å². The molecule has 0 fully saturated rings. The fourth-order valence-electron chi connectivity index (χ4n) is 0.402. The van der Waals surface area contributed by atoms with Gasteiger partial charge < -0.3 is 4.42 Å². The minimum absolute atomic E-state index is 0.285. The average molecular weight is 128 g/mol. The molecule has 0 radical (unpaired) electrons. The summed E-state index contributed by atoms with van der Waals surface area (Å²) < 4.78 is 4.67. The number of thiol groups is 1. The number of carbonyl (C=O) groups is 1. The summed E-state index contributed by atoms with van der Waals surface area (Å²) in [6.07, 6.45) is 2.05. The Bertz CT molecular complexity index is 192. The highest BCUT2D eigenvalue weighted by Gasteiger charge is 1.96. The number of hydrogen-bond acceptors (Lipinski definition) is 3. The van der Waals surface area contributed by atoms with Crippen LogP contribution in [0, 0.1) is 0 Å². The van der Waals surface area contributed by atoms with Crippen molar-refractivity contribution in [2.75, 3.05) is 0 Å². The third kappa shape index (κ3) is 0.767. The van der Waals surface area contributed by atoms with E-state index in [9.17, 15) is 4.79 Å². The van der Waals surface area contributed by atoms with Crippen LogP contribution < -0.4 is 0 Å². The highest BCUT2D eigenvalue weighted by Crippen LogP contribution is 2.10. The second kappa shape index (κ2) is 2.05. The normalized spacial score (nSPS) is 9.12. The first-order valence-electron chi connectivity index (χ1n) is 2.06. The summed E-state index contributed by atoms with van der Waals surface area (Å²) in [5.41, 5.74) is 0. The smallest absolute Gasteiger partial charge is 0.186 e. The number of aldehydes is 1. The molecule has 0 saturated heterocycles. The highest BCUT2D eigenvalue weighted by atomic mass is 32.1. The Morgan fingerprint density at radius 3 is 2.75 bits per heavy atom. The lowest BCUT2D eigenvalue weighted by atomic mass is 10.5. The molecule has 0 amide bonds. The monoisotopic (exact) mass is 128 g/mol. The first kappa shape index (κ1) is 5.44. The summed E-state index contributed by atoms with van der Waals surface area (Å²) in [7, 11) is 0. The lowest BCUT2D eigenvalue weighted by Crippen LogP contribution is -1.70. The molecule has 0 aliphatic rings. The van der Waals surface area contributed by atoms with E-state index in [1.807, 2.05) is 0 Å². The summed E-state index contributed by atoms with van der Waals surface area (Å²) in [4.78, 5) is 10.5. The predicted octanol–water partition coefficient (Wildman–Crippen LogP) is 1.38. The maximum Gasteiger partial charge on any atom is 0.186 e. The molecule has 2 nitrogen and oxygen atoms in total. The van der Waals surface area contributed by atoms with Gasteiger partial charge in [0.25, 0.3) is 0 Å². The van der Waals surface area contributed by atoms with Gasteiger partial charge in [-0.3, -0.25) is 4.79 Å². The topological polar surface area (TPSA) is 30.2 Å². The van der Waals surface area contributed by atoms with Crippen LogP contribution in [-0.2, 0) is 0 Å². The molecule has 0 N–H and O–H groups in total. The van der Waals surface area contributed by atoms with Gasteiger partial charge >= 0.3 is 0 Å². The Balaban J connectivity index is 3.09. The molecule has 8 heavy (non-hydrogen) atoms. The standard InChI is InChI=1S/C5H4O2S/c6-3-4-5(8)1-2-7-4/h1-3,8H. The van der Waals surface area contributed by atoms with E-state index in [0.717, 1.165) is 0 Å². The predicted molar refractivity (Wildman–Crippen MR) is 31.3 cm³/mol. The van der Waals surface area contributed by atoms with Crippen LogP contribution in [0.1, 0.15) is 10.6 Å². The molecule has 0 bridgehead atoms. The zero-order valence-electron chi connectivity index (χ0n) is 4.00. The van der Waals surface area contributed by atoms with Crippen molar-refractivity contribution in [1.82, 2.24) is 0 Å². The molecule has 0 saturated carbocycles. The van der Waals surface area contributed by atoms with E-state index in [1.165, 1.54) is 6.26 Å². The lowest BCUT2D eigenvalue weighted by molar-refractivity contribution is 0.109. The zero-order chi connectivity index (χ0) is 5.98. The fourth-order valence-corrected chi connectivity index (χ4v) is 0.569. The molecule has 0 unspecified atom stereocenters. The van der Waals surface area contributed by atoms with Crippen molar-refractivity contribution in [3.8, 4) is 0 Å². The van der Waals surface area contributed by atoms with Crippen LogP contribution in [-0.4, -0.2) is 6.29 Å². The van der Waals surface area contributed by atoms with Gasteiger partial charge in [-0.1, -0.05) is 0 Å². The minimum Gasteiger partial charge on any atom is -0.460 e. The van der Waals surface area contributed by atoms with Crippen LogP contribution in [0.2, 0.25) is 0 Å². The summed E-state index contributed by atoms with van der Waals surface area (Å²) >= 11 is 3.90. The second-order valence-electron chi connectivity index (χ2n) is 1.29. The van der Waals surface area contributed by atoms with Gasteiger partial charge in [0, 0.05) is 0 Å². The number of rotatable bonds is 1. The van der Waals surface area contributed by atoms with Crippen molar-refractivity contribution in [1.29, 1.82) is 0 Å². The van der Waals surface area contributed by atoms with Crippen molar-refractivity contribution in [3.05, 3.63) is 18.1 Å². The van der Waals surface area contributed by atoms with E-state index < -0.39 is 0 Å². The fraction of sp³-hybridized carbons (Fsp3) is 0. The van der Waals surface area contributed by atoms with E-state index in [1.54, 1.807) is 6.07 Å². The molecule has 0 spiro atoms. The van der Waals surface area contributed by atoms with Gasteiger partial charge in [-0.05, 0) is 6.07 Å². The molecule has 1 aromatic heterocycles. The molecule has 1 rings (SSSR count). The van der Waals surface area contributed by atoms with Gasteiger partial charge in [0.1, 0.15) is 0 Å². The highest BCUT2D eigenvalue weighted by molar-refractivity contribution is 7.80. The second-order valence-corrected chi connectivity index (χ2v) is 1.77. The Labute approximate surface area is 51.9 Å². The molecule has 3 heteroatoms. The third-order valence-corrected chi connectivity index (χ3v) is 1.15. The average Bonchev–Trinajstić information content (AvgIpc) is 2.14. The molecular formula is C5H4O2S. The van der Waals surface area contributed by atoms with E-state index in [0.29, 0.717) is 11.2 Å². The zero-order valence-corrected chi connectivity index (χ0v) is 4.89. The first-order valence-corrected chi connectivity index (χ1v) is 2.51. The molecule has 1 heterocycles. The quantitative estimate of drug-likeness (QED) is 0.457. The van der Waals surface area contributed by atoms with Crippen molar-refractivity contribution < 1.29 is 9.21 Å². The summed E-state index contributed by atoms with van der Waals surface area (Å²) in [6, 6.07) is 1.62. The van der Waals surface area contributed by atoms with E-state index in [2.05, 4.69) is 17.0 Å². The van der Waals surface area contributed by atoms with Crippen LogP contribution >= 0.6 is 12.6 Å². The number of carbonyl (C=O) groups excluding carboxylic acids is 1. The van der Waals surface area contributed by atoms with Gasteiger partial charge in [0.05, 0.1) is 11.2 Å². The first-order chi connectivity index (χ1) is 3.84. The SMILES string of the molecule is O=Cc1occc1S. The van der Waals surface area contributed by atoms with Gasteiger partial charge in [-0.2, -0.15) is 0 Å². The van der Waals surface area contributed by atoms with Crippen LogP contribution in [0.15, 0.2) is 21.6 Å². The minimum atomic E-state index is 0.285. The van der Waals surface area contributed by atoms with Crippen molar-refractivity contribution >= 4 is 18.9 Å². The maximum absolute atomic E-state index is 9.95. The molecule has 42 valence electrons. The number of furan rings is 1. The molecule has 0 aliphatic heterocycles. The number of hydrogen-bond donors (Lipinski definition) is 1. The van der Waals surface area contributed by atoms with Gasteiger partial charge in [0.2, 0.25) is 0 Å². The van der Waals surface area contributed by atoms with E-state index in [4.69, 9.17) is 0 Å². The largest absolute Gasteiger partial charge is 0.460 e. The Morgan fingerprint density at radius 1 is 1.75 bits per heavy atom. The molecular weight excluding hydrogens is 124 g/mol. The van der Waals surface area contributed by atoms with Gasteiger partial charge in [0.15, 0.2) is 12.0 Å². The van der Waals surface area contributed by atoms with Crippen molar-refractivity contribution in [2.45, 2.75) is 4.90 Å². The molecule has 0 aromatic carbocycles. The summed E-state index contributed by atoms with van der Waals surface area (Å²) in [5.74, 6) is 0.285. The van der Waals surface area contributed by atoms with E-state index >= 15 is 0 Å². The Kier molecular flexibility index (Phi) is 1.39. The molecule has 0 aliphatic carbocycles. The summed E-state index contributed by atoms with van der Waals surface area (Å²) in [6.45, 7) is 0. The van der Waals surface area contributed by atoms with Gasteiger partial charge in [-0.25, -0.2) is 0 Å². The third-order valence-electron chi connectivity index (χ3n) is 0.780. The molecule has 0 atom stereocenters. The van der Waals surface area contributed by atoms with Crippen LogP contribution in [0.5, 0.6) is 0 Å².